The standard InChI is InChI=1S/C39H32ClF10N7O5S2/c1-36(2,63(3,59)60)10-9-21-5-6-22(23-7-8-26(40)30-32(23)57(17-37(43,44)45)54-35(30)55-64(4,61)62)31(51-21)27(13-18-11-19(41)14-20(42)12-18)52-28(58)16-56-34-29(33(53-56)39(48,49)50)24-15-25(24)38(34,46)47/h5-8,11-12,14,24-25,27H,13,15-17H2,1-4H3,(H,52,58)(H,54,55)/t24-,25+,27+/m0/s1. The summed E-state index contributed by atoms with van der Waals surface area (Å²) in [5, 5.41) is 9.01. The number of hydrogen-bond acceptors (Lipinski definition) is 8. The van der Waals surface area contributed by atoms with Gasteiger partial charge in [0.1, 0.15) is 40.9 Å². The Bertz CT molecular complexity index is 3030. The van der Waals surface area contributed by atoms with Crippen LogP contribution in [0.4, 0.5) is 49.7 Å². The summed E-state index contributed by atoms with van der Waals surface area (Å²) in [6.45, 7) is -0.547. The fraction of sp³-hybridized carbons (Fsp3) is 0.385. The second kappa shape index (κ2) is 15.6. The number of carbonyl (C=O) groups excluding carboxylic acids is 1. The van der Waals surface area contributed by atoms with Crippen LogP contribution in [-0.2, 0) is 56.3 Å². The number of benzene rings is 2. The van der Waals surface area contributed by atoms with Gasteiger partial charge < -0.3 is 5.32 Å². The average Bonchev–Trinajstić information content (AvgIpc) is 3.66. The number of pyridine rings is 1. The van der Waals surface area contributed by atoms with Crippen molar-refractivity contribution >= 4 is 54.1 Å². The molecular formula is C39H32ClF10N7O5S2. The highest BCUT2D eigenvalue weighted by atomic mass is 35.5. The number of aromatic nitrogens is 5. The topological polar surface area (TPSA) is 158 Å². The molecule has 2 aromatic carbocycles. The molecule has 1 fully saturated rings. The van der Waals surface area contributed by atoms with Crippen LogP contribution in [0.1, 0.15) is 66.1 Å². The van der Waals surface area contributed by atoms with Crippen molar-refractivity contribution in [3.63, 3.8) is 0 Å². The lowest BCUT2D eigenvalue weighted by molar-refractivity contribution is -0.142. The first-order chi connectivity index (χ1) is 29.3. The second-order valence-electron chi connectivity index (χ2n) is 15.9. The third-order valence-electron chi connectivity index (χ3n) is 10.6. The molecule has 1 amide bonds. The van der Waals surface area contributed by atoms with Crippen LogP contribution in [0.5, 0.6) is 0 Å². The normalized spacial score (nSPS) is 17.7. The molecule has 5 aromatic rings. The van der Waals surface area contributed by atoms with Gasteiger partial charge in [0, 0.05) is 34.9 Å². The molecule has 2 aliphatic carbocycles. The molecule has 3 aromatic heterocycles. The molecule has 25 heteroatoms. The van der Waals surface area contributed by atoms with Gasteiger partial charge in [-0.05, 0) is 74.4 Å². The Morgan fingerprint density at radius 3 is 2.19 bits per heavy atom. The molecule has 0 unspecified atom stereocenters. The first-order valence-electron chi connectivity index (χ1n) is 18.6. The number of rotatable bonds is 11. The van der Waals surface area contributed by atoms with Crippen LogP contribution in [0, 0.1) is 29.4 Å². The number of anilines is 1. The number of hydrogen-bond donors (Lipinski definition) is 2. The van der Waals surface area contributed by atoms with Gasteiger partial charge in [0.2, 0.25) is 15.9 Å². The second-order valence-corrected chi connectivity index (χ2v) is 20.6. The molecule has 64 heavy (non-hydrogen) atoms. The van der Waals surface area contributed by atoms with E-state index in [2.05, 4.69) is 32.3 Å². The molecular weight excluding hydrogens is 936 g/mol. The molecule has 2 N–H and O–H groups in total. The lowest BCUT2D eigenvalue weighted by Crippen LogP contribution is -2.35. The Balaban J connectivity index is 1.45. The van der Waals surface area contributed by atoms with E-state index >= 15 is 8.78 Å². The van der Waals surface area contributed by atoms with E-state index in [9.17, 15) is 56.8 Å². The van der Waals surface area contributed by atoms with Crippen molar-refractivity contribution in [2.24, 2.45) is 5.92 Å². The number of nitrogens with one attached hydrogen (secondary N) is 2. The quantitative estimate of drug-likeness (QED) is 0.101. The molecule has 3 heterocycles. The number of sulfonamides is 1. The Morgan fingerprint density at radius 1 is 0.953 bits per heavy atom. The van der Waals surface area contributed by atoms with Crippen LogP contribution >= 0.6 is 11.6 Å². The molecule has 0 saturated heterocycles. The van der Waals surface area contributed by atoms with Crippen molar-refractivity contribution in [1.29, 1.82) is 0 Å². The predicted molar refractivity (Wildman–Crippen MR) is 211 cm³/mol. The van der Waals surface area contributed by atoms with E-state index in [-0.39, 0.29) is 49.6 Å². The van der Waals surface area contributed by atoms with E-state index < -0.39 is 126 Å². The van der Waals surface area contributed by atoms with Crippen LogP contribution in [0.15, 0.2) is 42.5 Å². The fourth-order valence-electron chi connectivity index (χ4n) is 7.52. The molecule has 3 atom stereocenters. The number of halogens is 11. The van der Waals surface area contributed by atoms with E-state index in [1.54, 1.807) is 0 Å². The minimum Gasteiger partial charge on any atom is -0.346 e. The van der Waals surface area contributed by atoms with Gasteiger partial charge in [0.25, 0.3) is 5.92 Å². The minimum absolute atomic E-state index is 0.195. The highest BCUT2D eigenvalue weighted by Gasteiger charge is 2.68. The highest BCUT2D eigenvalue weighted by molar-refractivity contribution is 7.92. The monoisotopic (exact) mass is 967 g/mol. The summed E-state index contributed by atoms with van der Waals surface area (Å²) < 4.78 is 195. The van der Waals surface area contributed by atoms with Crippen LogP contribution in [0.3, 0.4) is 0 Å². The predicted octanol–water partition coefficient (Wildman–Crippen LogP) is 7.66. The molecule has 0 radical (unpaired) electrons. The van der Waals surface area contributed by atoms with Crippen LogP contribution in [0.2, 0.25) is 5.02 Å². The van der Waals surface area contributed by atoms with Crippen molar-refractivity contribution in [2.75, 3.05) is 17.2 Å². The van der Waals surface area contributed by atoms with E-state index in [4.69, 9.17) is 11.6 Å². The third kappa shape index (κ3) is 9.24. The molecule has 0 aliphatic heterocycles. The minimum atomic E-state index is -5.19. The maximum Gasteiger partial charge on any atom is 0.435 e. The van der Waals surface area contributed by atoms with E-state index in [1.807, 2.05) is 4.72 Å². The summed E-state index contributed by atoms with van der Waals surface area (Å²) in [5.41, 5.74) is -5.17. The Labute approximate surface area is 362 Å². The van der Waals surface area contributed by atoms with Gasteiger partial charge in [-0.25, -0.2) is 30.6 Å². The van der Waals surface area contributed by atoms with E-state index in [1.165, 1.54) is 32.0 Å². The number of amides is 1. The first-order valence-corrected chi connectivity index (χ1v) is 22.8. The zero-order valence-electron chi connectivity index (χ0n) is 33.4. The molecule has 342 valence electrons. The zero-order valence-corrected chi connectivity index (χ0v) is 35.7. The average molecular weight is 968 g/mol. The maximum atomic E-state index is 15.5. The van der Waals surface area contributed by atoms with Gasteiger partial charge in [-0.15, -0.1) is 0 Å². The van der Waals surface area contributed by atoms with Crippen molar-refractivity contribution in [2.45, 2.75) is 74.8 Å². The smallest absolute Gasteiger partial charge is 0.346 e. The summed E-state index contributed by atoms with van der Waals surface area (Å²) in [6, 6.07) is 5.24. The summed E-state index contributed by atoms with van der Waals surface area (Å²) in [4.78, 5) is 18.5. The number of sulfone groups is 1. The largest absolute Gasteiger partial charge is 0.435 e. The zero-order chi connectivity index (χ0) is 47.3. The van der Waals surface area contributed by atoms with Gasteiger partial charge in [0.15, 0.2) is 21.3 Å². The fourth-order valence-corrected chi connectivity index (χ4v) is 8.50. The molecule has 7 rings (SSSR count). The maximum absolute atomic E-state index is 15.5. The third-order valence-corrected chi connectivity index (χ3v) is 13.4. The SMILES string of the molecule is CC(C)(C#Cc1ccc(-c2ccc(Cl)c3c(NS(C)(=O)=O)nn(CC(F)(F)F)c23)c([C@@H](Cc2cc(F)cc(F)c2)NC(=O)Cn2nc(C(F)(F)F)c3c2C(F)(F)[C@@H]2C[C@H]32)n1)S(C)(=O)=O. The van der Waals surface area contributed by atoms with Gasteiger partial charge >= 0.3 is 12.4 Å². The van der Waals surface area contributed by atoms with E-state index in [0.29, 0.717) is 17.0 Å². The molecule has 0 spiro atoms. The van der Waals surface area contributed by atoms with Crippen LogP contribution < -0.4 is 10.0 Å². The van der Waals surface area contributed by atoms with Crippen molar-refractivity contribution in [1.82, 2.24) is 29.9 Å². The lowest BCUT2D eigenvalue weighted by Gasteiger charge is -2.23. The Morgan fingerprint density at radius 2 is 1.59 bits per heavy atom. The Hall–Kier alpha value is -5.41. The molecule has 2 aliphatic rings. The van der Waals surface area contributed by atoms with Crippen molar-refractivity contribution in [3.05, 3.63) is 93.0 Å². The van der Waals surface area contributed by atoms with E-state index in [0.717, 1.165) is 24.5 Å². The molecule has 12 nitrogen and oxygen atoms in total. The summed E-state index contributed by atoms with van der Waals surface area (Å²) >= 11 is 6.46. The molecule has 0 bridgehead atoms. The molecule has 1 saturated carbocycles. The number of carbonyl (C=O) groups is 1. The Kier molecular flexibility index (Phi) is 11.4. The first kappa shape index (κ1) is 46.6. The summed E-state index contributed by atoms with van der Waals surface area (Å²) in [7, 11) is -8.06. The highest BCUT2D eigenvalue weighted by Crippen LogP contribution is 2.68. The van der Waals surface area contributed by atoms with Crippen molar-refractivity contribution < 1.29 is 65.5 Å². The summed E-state index contributed by atoms with van der Waals surface area (Å²) in [5.74, 6) is -5.43. The van der Waals surface area contributed by atoms with Gasteiger partial charge in [0.05, 0.1) is 33.9 Å². The number of fused-ring (bicyclic) bond motifs is 4. The van der Waals surface area contributed by atoms with Gasteiger partial charge in [-0.1, -0.05) is 23.6 Å². The van der Waals surface area contributed by atoms with Gasteiger partial charge in [-0.3, -0.25) is 18.9 Å². The number of alkyl halides is 8. The van der Waals surface area contributed by atoms with Gasteiger partial charge in [-0.2, -0.15) is 45.3 Å². The van der Waals surface area contributed by atoms with Crippen LogP contribution in [0.25, 0.3) is 22.0 Å². The number of nitrogens with zero attached hydrogens (tertiary/aromatic N) is 5. The lowest BCUT2D eigenvalue weighted by atomic mass is 9.93. The summed E-state index contributed by atoms with van der Waals surface area (Å²) in [6.07, 6.45) is -9.46. The van der Waals surface area contributed by atoms with Crippen molar-refractivity contribution in [3.8, 4) is 23.0 Å². The van der Waals surface area contributed by atoms with Crippen LogP contribution in [-0.4, -0.2) is 70.7 Å².